The number of para-hydroxylation sites is 1. The number of benzene rings is 1. The van der Waals surface area contributed by atoms with Crippen LogP contribution in [-0.4, -0.2) is 36.3 Å². The Morgan fingerprint density at radius 2 is 1.95 bits per heavy atom. The van der Waals surface area contributed by atoms with Gasteiger partial charge in [0.15, 0.2) is 11.4 Å². The van der Waals surface area contributed by atoms with E-state index in [-0.39, 0.29) is 0 Å². The monoisotopic (exact) mass is 283 g/mol. The molecule has 3 heterocycles. The number of hydrogen-bond donors (Lipinski definition) is 0. The average Bonchev–Trinajstić information content (AvgIpc) is 2.93. The summed E-state index contributed by atoms with van der Waals surface area (Å²) in [5.41, 5.74) is 2.57. The summed E-state index contributed by atoms with van der Waals surface area (Å²) < 4.78 is 11.5. The molecule has 0 atom stereocenters. The van der Waals surface area contributed by atoms with Crippen LogP contribution < -0.4 is 4.90 Å². The summed E-state index contributed by atoms with van der Waals surface area (Å²) in [6, 6.07) is 8.02. The van der Waals surface area contributed by atoms with Gasteiger partial charge >= 0.3 is 0 Å². The second kappa shape index (κ2) is 5.00. The summed E-state index contributed by atoms with van der Waals surface area (Å²) in [6.07, 6.45) is 0.812. The number of rotatable bonds is 2. The highest BCUT2D eigenvalue weighted by molar-refractivity contribution is 6.05. The molecule has 5 heteroatoms. The minimum absolute atomic E-state index is 0.729. The van der Waals surface area contributed by atoms with Gasteiger partial charge in [-0.15, -0.1) is 0 Å². The molecule has 0 spiro atoms. The van der Waals surface area contributed by atoms with Crippen LogP contribution in [0, 0.1) is 0 Å². The Labute approximate surface area is 122 Å². The van der Waals surface area contributed by atoms with Crippen LogP contribution in [0.3, 0.4) is 0 Å². The van der Waals surface area contributed by atoms with E-state index in [0.29, 0.717) is 0 Å². The lowest BCUT2D eigenvalue weighted by Gasteiger charge is -2.27. The molecule has 4 rings (SSSR count). The summed E-state index contributed by atoms with van der Waals surface area (Å²) in [5, 5.41) is 1.05. The molecule has 1 fully saturated rings. The Bertz CT molecular complexity index is 791. The van der Waals surface area contributed by atoms with Crippen molar-refractivity contribution in [1.82, 2.24) is 9.97 Å². The molecule has 1 saturated heterocycles. The lowest BCUT2D eigenvalue weighted by atomic mass is 10.2. The predicted molar refractivity (Wildman–Crippen MR) is 81.7 cm³/mol. The zero-order valence-corrected chi connectivity index (χ0v) is 12.0. The molecule has 1 aromatic carbocycles. The summed E-state index contributed by atoms with van der Waals surface area (Å²) in [5.74, 6) is 1.76. The molecule has 3 aromatic rings. The number of morpholine rings is 1. The molecule has 0 bridgehead atoms. The molecule has 1 aliphatic heterocycles. The van der Waals surface area contributed by atoms with Gasteiger partial charge in [0.05, 0.1) is 13.2 Å². The molecule has 0 aliphatic carbocycles. The number of aryl methyl sites for hydroxylation is 1. The summed E-state index contributed by atoms with van der Waals surface area (Å²) in [6.45, 7) is 5.21. The number of aromatic nitrogens is 2. The number of hydrogen-bond acceptors (Lipinski definition) is 5. The first-order valence-corrected chi connectivity index (χ1v) is 7.37. The molecule has 0 saturated carbocycles. The summed E-state index contributed by atoms with van der Waals surface area (Å²) in [7, 11) is 0. The van der Waals surface area contributed by atoms with Crippen molar-refractivity contribution < 1.29 is 9.15 Å². The Morgan fingerprint density at radius 1 is 1.14 bits per heavy atom. The van der Waals surface area contributed by atoms with Crippen molar-refractivity contribution in [1.29, 1.82) is 0 Å². The van der Waals surface area contributed by atoms with Crippen molar-refractivity contribution >= 4 is 27.9 Å². The average molecular weight is 283 g/mol. The molecule has 0 unspecified atom stereocenters. The minimum atomic E-state index is 0.729. The molecule has 2 aromatic heterocycles. The molecule has 1 aliphatic rings. The van der Waals surface area contributed by atoms with Gasteiger partial charge in [0.1, 0.15) is 16.9 Å². The van der Waals surface area contributed by atoms with Gasteiger partial charge in [0.25, 0.3) is 0 Å². The minimum Gasteiger partial charge on any atom is -0.450 e. The van der Waals surface area contributed by atoms with E-state index in [0.717, 1.165) is 66.4 Å². The molecular formula is C16H17N3O2. The number of nitrogens with zero attached hydrogens (tertiary/aromatic N) is 3. The third-order valence-electron chi connectivity index (χ3n) is 3.88. The van der Waals surface area contributed by atoms with Crippen molar-refractivity contribution in [2.45, 2.75) is 13.3 Å². The van der Waals surface area contributed by atoms with E-state index in [9.17, 15) is 0 Å². The molecule has 0 N–H and O–H groups in total. The first kappa shape index (κ1) is 12.6. The second-order valence-corrected chi connectivity index (χ2v) is 5.19. The molecule has 0 amide bonds. The van der Waals surface area contributed by atoms with Crippen LogP contribution in [0.15, 0.2) is 28.7 Å². The Kier molecular flexibility index (Phi) is 3.00. The smallest absolute Gasteiger partial charge is 0.196 e. The normalized spacial score (nSPS) is 16.0. The summed E-state index contributed by atoms with van der Waals surface area (Å²) in [4.78, 5) is 11.6. The van der Waals surface area contributed by atoms with Gasteiger partial charge in [0.2, 0.25) is 0 Å². The SMILES string of the molecule is CCc1nc(N2CCOCC2)c2oc3ccccc3c2n1. The maximum Gasteiger partial charge on any atom is 0.196 e. The van der Waals surface area contributed by atoms with Crippen LogP contribution in [0.4, 0.5) is 5.82 Å². The highest BCUT2D eigenvalue weighted by Crippen LogP contribution is 2.33. The third kappa shape index (κ3) is 2.05. The van der Waals surface area contributed by atoms with Gasteiger partial charge in [-0.2, -0.15) is 0 Å². The van der Waals surface area contributed by atoms with E-state index in [2.05, 4.69) is 22.9 Å². The van der Waals surface area contributed by atoms with E-state index in [4.69, 9.17) is 14.1 Å². The van der Waals surface area contributed by atoms with Crippen molar-refractivity contribution in [3.05, 3.63) is 30.1 Å². The van der Waals surface area contributed by atoms with Crippen molar-refractivity contribution in [2.75, 3.05) is 31.2 Å². The van der Waals surface area contributed by atoms with Crippen LogP contribution >= 0.6 is 0 Å². The van der Waals surface area contributed by atoms with E-state index < -0.39 is 0 Å². The zero-order chi connectivity index (χ0) is 14.2. The largest absolute Gasteiger partial charge is 0.450 e. The van der Waals surface area contributed by atoms with Gasteiger partial charge < -0.3 is 14.1 Å². The first-order chi connectivity index (χ1) is 10.4. The lowest BCUT2D eigenvalue weighted by Crippen LogP contribution is -2.37. The third-order valence-corrected chi connectivity index (χ3v) is 3.88. The fraction of sp³-hybridized carbons (Fsp3) is 0.375. The predicted octanol–water partition coefficient (Wildman–Crippen LogP) is 2.78. The van der Waals surface area contributed by atoms with E-state index in [1.165, 1.54) is 0 Å². The Hall–Kier alpha value is -2.14. The maximum absolute atomic E-state index is 6.03. The van der Waals surface area contributed by atoms with Crippen molar-refractivity contribution in [3.63, 3.8) is 0 Å². The van der Waals surface area contributed by atoms with Gasteiger partial charge in [0, 0.05) is 24.9 Å². The number of furan rings is 1. The standard InChI is InChI=1S/C16H17N3O2/c1-2-13-17-14-11-5-3-4-6-12(11)21-15(14)16(18-13)19-7-9-20-10-8-19/h3-6H,2,7-10H2,1H3. The quantitative estimate of drug-likeness (QED) is 0.724. The molecule has 21 heavy (non-hydrogen) atoms. The molecule has 5 nitrogen and oxygen atoms in total. The molecule has 108 valence electrons. The first-order valence-electron chi connectivity index (χ1n) is 7.37. The fourth-order valence-electron chi connectivity index (χ4n) is 2.77. The van der Waals surface area contributed by atoms with Crippen molar-refractivity contribution in [2.24, 2.45) is 0 Å². The maximum atomic E-state index is 6.03. The molecule has 0 radical (unpaired) electrons. The van der Waals surface area contributed by atoms with Crippen LogP contribution in [0.1, 0.15) is 12.7 Å². The summed E-state index contributed by atoms with van der Waals surface area (Å²) >= 11 is 0. The Balaban J connectivity index is 1.99. The van der Waals surface area contributed by atoms with E-state index in [1.54, 1.807) is 0 Å². The van der Waals surface area contributed by atoms with Crippen LogP contribution in [0.25, 0.3) is 22.1 Å². The number of fused-ring (bicyclic) bond motifs is 3. The van der Waals surface area contributed by atoms with Crippen LogP contribution in [0.5, 0.6) is 0 Å². The van der Waals surface area contributed by atoms with Gasteiger partial charge in [-0.05, 0) is 12.1 Å². The molecular weight excluding hydrogens is 266 g/mol. The second-order valence-electron chi connectivity index (χ2n) is 5.19. The van der Waals surface area contributed by atoms with Crippen LogP contribution in [-0.2, 0) is 11.2 Å². The number of anilines is 1. The lowest BCUT2D eigenvalue weighted by molar-refractivity contribution is 0.122. The fourth-order valence-corrected chi connectivity index (χ4v) is 2.77. The van der Waals surface area contributed by atoms with E-state index >= 15 is 0 Å². The van der Waals surface area contributed by atoms with Gasteiger partial charge in [-0.3, -0.25) is 0 Å². The zero-order valence-electron chi connectivity index (χ0n) is 12.0. The van der Waals surface area contributed by atoms with Gasteiger partial charge in [-0.1, -0.05) is 19.1 Å². The Morgan fingerprint density at radius 3 is 2.76 bits per heavy atom. The highest BCUT2D eigenvalue weighted by Gasteiger charge is 2.21. The van der Waals surface area contributed by atoms with Crippen LogP contribution in [0.2, 0.25) is 0 Å². The van der Waals surface area contributed by atoms with Gasteiger partial charge in [-0.25, -0.2) is 9.97 Å². The topological polar surface area (TPSA) is 51.4 Å². The number of ether oxygens (including phenoxy) is 1. The van der Waals surface area contributed by atoms with E-state index in [1.807, 2.05) is 18.2 Å². The highest BCUT2D eigenvalue weighted by atomic mass is 16.5. The van der Waals surface area contributed by atoms with Crippen molar-refractivity contribution in [3.8, 4) is 0 Å².